The predicted octanol–water partition coefficient (Wildman–Crippen LogP) is 6.17. The molecule has 1 unspecified atom stereocenters. The molecule has 0 aliphatic carbocycles. The lowest BCUT2D eigenvalue weighted by Crippen LogP contribution is -2.31. The maximum absolute atomic E-state index is 13.4. The molecule has 0 radical (unpaired) electrons. The van der Waals surface area contributed by atoms with Crippen LogP contribution >= 0.6 is 23.2 Å². The Bertz CT molecular complexity index is 1240. The zero-order chi connectivity index (χ0) is 21.4. The summed E-state index contributed by atoms with van der Waals surface area (Å²) < 4.78 is 0. The Morgan fingerprint density at radius 2 is 1.68 bits per heavy atom. The van der Waals surface area contributed by atoms with Crippen LogP contribution in [0.4, 0.5) is 0 Å². The van der Waals surface area contributed by atoms with Gasteiger partial charge in [0.25, 0.3) is 5.91 Å². The van der Waals surface area contributed by atoms with Gasteiger partial charge in [-0.1, -0.05) is 77.8 Å². The molecule has 0 spiro atoms. The first-order valence-corrected chi connectivity index (χ1v) is 10.8. The van der Waals surface area contributed by atoms with E-state index in [2.05, 4.69) is 22.3 Å². The highest BCUT2D eigenvalue weighted by Gasteiger charge is 2.41. The summed E-state index contributed by atoms with van der Waals surface area (Å²) in [6, 6.07) is 25.1. The maximum Gasteiger partial charge on any atom is 0.273 e. The van der Waals surface area contributed by atoms with Crippen molar-refractivity contribution in [2.45, 2.75) is 12.5 Å². The van der Waals surface area contributed by atoms with Crippen molar-refractivity contribution in [3.63, 3.8) is 0 Å². The molecule has 1 aliphatic rings. The molecule has 0 bridgehead atoms. The number of nitrogens with zero attached hydrogens (tertiary/aromatic N) is 2. The number of aromatic nitrogens is 2. The molecule has 1 aromatic heterocycles. The Kier molecular flexibility index (Phi) is 5.26. The summed E-state index contributed by atoms with van der Waals surface area (Å²) in [5.74, 6) is -0.0522. The quantitative estimate of drug-likeness (QED) is 0.397. The van der Waals surface area contributed by atoms with E-state index in [0.29, 0.717) is 22.3 Å². The number of carbonyl (C=O) groups is 1. The van der Waals surface area contributed by atoms with Crippen LogP contribution in [0.15, 0.2) is 78.9 Å². The van der Waals surface area contributed by atoms with E-state index in [1.54, 1.807) is 0 Å². The number of amides is 1. The van der Waals surface area contributed by atoms with Crippen molar-refractivity contribution in [1.29, 1.82) is 0 Å². The number of carbonyl (C=O) groups excluding carboxylic acids is 1. The number of fused-ring (bicyclic) bond motifs is 1. The van der Waals surface area contributed by atoms with E-state index in [1.807, 2.05) is 71.6 Å². The molecule has 1 aliphatic heterocycles. The van der Waals surface area contributed by atoms with Gasteiger partial charge in [-0.15, -0.1) is 0 Å². The number of benzene rings is 3. The van der Waals surface area contributed by atoms with Gasteiger partial charge in [-0.25, -0.2) is 0 Å². The van der Waals surface area contributed by atoms with E-state index in [9.17, 15) is 4.79 Å². The number of rotatable bonds is 5. The molecular formula is C25H19Cl2N3O. The van der Waals surface area contributed by atoms with Crippen LogP contribution in [-0.2, 0) is 6.42 Å². The summed E-state index contributed by atoms with van der Waals surface area (Å²) >= 11 is 12.4. The number of hydrogen-bond acceptors (Lipinski definition) is 2. The van der Waals surface area contributed by atoms with Crippen LogP contribution in [0.1, 0.15) is 33.2 Å². The summed E-state index contributed by atoms with van der Waals surface area (Å²) in [5, 5.41) is 8.77. The van der Waals surface area contributed by atoms with Crippen molar-refractivity contribution in [3.05, 3.63) is 111 Å². The molecule has 0 saturated heterocycles. The molecule has 5 rings (SSSR count). The van der Waals surface area contributed by atoms with E-state index < -0.39 is 0 Å². The summed E-state index contributed by atoms with van der Waals surface area (Å²) in [4.78, 5) is 15.3. The van der Waals surface area contributed by atoms with E-state index >= 15 is 0 Å². The Balaban J connectivity index is 1.58. The second kappa shape index (κ2) is 8.22. The molecule has 4 aromatic rings. The fourth-order valence-corrected chi connectivity index (χ4v) is 4.50. The second-order valence-electron chi connectivity index (χ2n) is 7.56. The highest BCUT2D eigenvalue weighted by Crippen LogP contribution is 2.43. The van der Waals surface area contributed by atoms with Gasteiger partial charge in [0.1, 0.15) is 5.69 Å². The number of hydrogen-bond donors (Lipinski definition) is 1. The van der Waals surface area contributed by atoms with Crippen molar-refractivity contribution in [2.24, 2.45) is 0 Å². The predicted molar refractivity (Wildman–Crippen MR) is 124 cm³/mol. The summed E-state index contributed by atoms with van der Waals surface area (Å²) in [5.41, 5.74) is 5.22. The Hall–Kier alpha value is -3.08. The second-order valence-corrected chi connectivity index (χ2v) is 8.43. The molecule has 0 fully saturated rings. The fourth-order valence-electron chi connectivity index (χ4n) is 4.17. The SMILES string of the molecule is O=C1c2[nH]nc(-c3ccc(Cl)cc3)c2C(c2cccc(Cl)c2)N1CCc1ccccc1. The first-order valence-electron chi connectivity index (χ1n) is 10.1. The van der Waals surface area contributed by atoms with Gasteiger partial charge in [0, 0.05) is 27.7 Å². The van der Waals surface area contributed by atoms with Crippen LogP contribution in [0.5, 0.6) is 0 Å². The van der Waals surface area contributed by atoms with Crippen molar-refractivity contribution in [3.8, 4) is 11.3 Å². The van der Waals surface area contributed by atoms with Gasteiger partial charge in [0.2, 0.25) is 0 Å². The van der Waals surface area contributed by atoms with Gasteiger partial charge in [0.15, 0.2) is 0 Å². The third-order valence-corrected chi connectivity index (χ3v) is 6.12. The zero-order valence-corrected chi connectivity index (χ0v) is 18.1. The van der Waals surface area contributed by atoms with Crippen molar-refractivity contribution in [2.75, 3.05) is 6.54 Å². The fraction of sp³-hybridized carbons (Fsp3) is 0.120. The first-order chi connectivity index (χ1) is 15.1. The molecule has 154 valence electrons. The maximum atomic E-state index is 13.4. The molecule has 0 saturated carbocycles. The molecule has 1 atom stereocenters. The van der Waals surface area contributed by atoms with E-state index in [4.69, 9.17) is 23.2 Å². The van der Waals surface area contributed by atoms with Gasteiger partial charge >= 0.3 is 0 Å². The minimum atomic E-state index is -0.269. The van der Waals surface area contributed by atoms with Gasteiger partial charge in [-0.2, -0.15) is 5.10 Å². The Morgan fingerprint density at radius 3 is 2.42 bits per heavy atom. The third kappa shape index (κ3) is 3.73. The Morgan fingerprint density at radius 1 is 0.903 bits per heavy atom. The lowest BCUT2D eigenvalue weighted by molar-refractivity contribution is 0.0746. The van der Waals surface area contributed by atoms with Crippen LogP contribution < -0.4 is 0 Å². The lowest BCUT2D eigenvalue weighted by atomic mass is 9.96. The zero-order valence-electron chi connectivity index (χ0n) is 16.6. The van der Waals surface area contributed by atoms with E-state index in [-0.39, 0.29) is 11.9 Å². The molecule has 3 aromatic carbocycles. The van der Waals surface area contributed by atoms with Crippen LogP contribution in [0.3, 0.4) is 0 Å². The van der Waals surface area contributed by atoms with Gasteiger partial charge in [-0.3, -0.25) is 9.89 Å². The van der Waals surface area contributed by atoms with Gasteiger partial charge in [0.05, 0.1) is 11.7 Å². The monoisotopic (exact) mass is 447 g/mol. The number of aromatic amines is 1. The Labute approximate surface area is 190 Å². The first kappa shape index (κ1) is 19.9. The normalized spacial score (nSPS) is 15.4. The van der Waals surface area contributed by atoms with Crippen LogP contribution in [-0.4, -0.2) is 27.5 Å². The standard InChI is InChI=1S/C25H19Cl2N3O/c26-19-11-9-17(10-12-19)22-21-23(29-28-22)25(31)30(14-13-16-5-2-1-3-6-16)24(21)18-7-4-8-20(27)15-18/h1-12,15,24H,13-14H2,(H,28,29). The number of H-pyrrole nitrogens is 1. The summed E-state index contributed by atoms with van der Waals surface area (Å²) in [6.07, 6.45) is 0.762. The van der Waals surface area contributed by atoms with E-state index in [1.165, 1.54) is 5.56 Å². The average molecular weight is 448 g/mol. The minimum absolute atomic E-state index is 0.0522. The van der Waals surface area contributed by atoms with Gasteiger partial charge < -0.3 is 4.90 Å². The lowest BCUT2D eigenvalue weighted by Gasteiger charge is -2.26. The van der Waals surface area contributed by atoms with Crippen LogP contribution in [0.25, 0.3) is 11.3 Å². The van der Waals surface area contributed by atoms with Crippen molar-refractivity contribution in [1.82, 2.24) is 15.1 Å². The minimum Gasteiger partial charge on any atom is -0.326 e. The molecule has 6 heteroatoms. The topological polar surface area (TPSA) is 49.0 Å². The molecular weight excluding hydrogens is 429 g/mol. The highest BCUT2D eigenvalue weighted by atomic mass is 35.5. The number of nitrogens with one attached hydrogen (secondary N) is 1. The average Bonchev–Trinajstić information content (AvgIpc) is 3.32. The summed E-state index contributed by atoms with van der Waals surface area (Å²) in [7, 11) is 0. The van der Waals surface area contributed by atoms with Crippen molar-refractivity contribution >= 4 is 29.1 Å². The van der Waals surface area contributed by atoms with Gasteiger partial charge in [-0.05, 0) is 41.8 Å². The van der Waals surface area contributed by atoms with Crippen LogP contribution in [0.2, 0.25) is 10.0 Å². The van der Waals surface area contributed by atoms with E-state index in [0.717, 1.165) is 28.8 Å². The molecule has 4 nitrogen and oxygen atoms in total. The molecule has 2 heterocycles. The highest BCUT2D eigenvalue weighted by molar-refractivity contribution is 6.31. The smallest absolute Gasteiger partial charge is 0.273 e. The summed E-state index contributed by atoms with van der Waals surface area (Å²) in [6.45, 7) is 0.586. The molecule has 31 heavy (non-hydrogen) atoms. The van der Waals surface area contributed by atoms with Crippen molar-refractivity contribution < 1.29 is 4.79 Å². The largest absolute Gasteiger partial charge is 0.326 e. The molecule has 1 N–H and O–H groups in total. The number of halogens is 2. The molecule has 1 amide bonds. The van der Waals surface area contributed by atoms with Crippen LogP contribution in [0, 0.1) is 0 Å². The third-order valence-electron chi connectivity index (χ3n) is 5.63.